The number of nitrogens with zero attached hydrogens (tertiary/aromatic N) is 1. The van der Waals surface area contributed by atoms with Crippen LogP contribution in [-0.4, -0.2) is 18.7 Å². The average molecular weight is 457 g/mol. The van der Waals surface area contributed by atoms with Gasteiger partial charge in [-0.1, -0.05) is 28.4 Å². The number of aromatic nitrogens is 1. The summed E-state index contributed by atoms with van der Waals surface area (Å²) in [5.41, 5.74) is 1.19. The summed E-state index contributed by atoms with van der Waals surface area (Å²) in [4.78, 5) is 0.0679. The van der Waals surface area contributed by atoms with Crippen molar-refractivity contribution in [2.45, 2.75) is 11.8 Å². The number of sulfonamides is 1. The molecule has 0 aliphatic rings. The van der Waals surface area contributed by atoms with Gasteiger partial charge < -0.3 is 15.2 Å². The summed E-state index contributed by atoms with van der Waals surface area (Å²) in [6.07, 6.45) is 0. The molecule has 3 aromatic rings. The smallest absolute Gasteiger partial charge is 0.263 e. The third kappa shape index (κ3) is 5.14. The first-order chi connectivity index (χ1) is 13.2. The monoisotopic (exact) mass is 456 g/mol. The highest BCUT2D eigenvalue weighted by Crippen LogP contribution is 2.25. The molecule has 28 heavy (non-hydrogen) atoms. The zero-order chi connectivity index (χ0) is 20.3. The highest BCUT2D eigenvalue weighted by atomic mass is 35.5. The molecular weight excluding hydrogens is 443 g/mol. The number of hydrogen-bond donors (Lipinski definition) is 3. The Labute approximate surface area is 177 Å². The molecule has 11 heteroatoms. The lowest BCUT2D eigenvalue weighted by Gasteiger charge is -2.12. The fourth-order valence-corrected chi connectivity index (χ4v) is 3.87. The molecule has 0 fully saturated rings. The van der Waals surface area contributed by atoms with Gasteiger partial charge in [0, 0.05) is 16.8 Å². The zero-order valence-corrected chi connectivity index (χ0v) is 17.5. The molecule has 0 spiro atoms. The van der Waals surface area contributed by atoms with Crippen molar-refractivity contribution in [3.05, 3.63) is 64.3 Å². The summed E-state index contributed by atoms with van der Waals surface area (Å²) in [6, 6.07) is 12.5. The van der Waals surface area contributed by atoms with Gasteiger partial charge in [0.25, 0.3) is 10.0 Å². The van der Waals surface area contributed by atoms with Crippen LogP contribution >= 0.6 is 35.4 Å². The number of benzene rings is 2. The molecule has 2 aromatic carbocycles. The topological polar surface area (TPSA) is 96.3 Å². The molecule has 1 aromatic heterocycles. The SMILES string of the molecule is Cc1cc(NS(=O)(=O)c2ccc(NC(=S)Nc3ccc(Cl)cc3Cl)cc2)no1. The van der Waals surface area contributed by atoms with Gasteiger partial charge in [-0.25, -0.2) is 8.42 Å². The molecule has 0 aliphatic carbocycles. The van der Waals surface area contributed by atoms with Gasteiger partial charge in [0.05, 0.1) is 15.6 Å². The molecule has 0 amide bonds. The molecule has 0 saturated heterocycles. The number of hydrogen-bond acceptors (Lipinski definition) is 5. The second kappa shape index (κ2) is 8.36. The first kappa shape index (κ1) is 20.4. The van der Waals surface area contributed by atoms with Gasteiger partial charge in [-0.3, -0.25) is 4.72 Å². The van der Waals surface area contributed by atoms with Gasteiger partial charge in [-0.2, -0.15) is 0 Å². The minimum absolute atomic E-state index is 0.0679. The third-order valence-electron chi connectivity index (χ3n) is 3.47. The largest absolute Gasteiger partial charge is 0.360 e. The van der Waals surface area contributed by atoms with Crippen LogP contribution in [0, 0.1) is 6.92 Å². The molecule has 1 heterocycles. The molecule has 0 radical (unpaired) electrons. The van der Waals surface area contributed by atoms with Gasteiger partial charge in [-0.05, 0) is 61.6 Å². The van der Waals surface area contributed by atoms with E-state index in [-0.39, 0.29) is 15.8 Å². The number of anilines is 3. The summed E-state index contributed by atoms with van der Waals surface area (Å²) < 4.78 is 31.9. The van der Waals surface area contributed by atoms with Crippen LogP contribution in [0.2, 0.25) is 10.0 Å². The Morgan fingerprint density at radius 1 is 1.07 bits per heavy atom. The van der Waals surface area contributed by atoms with Crippen molar-refractivity contribution in [1.82, 2.24) is 5.16 Å². The molecule has 0 bridgehead atoms. The van der Waals surface area contributed by atoms with Crippen molar-refractivity contribution in [2.24, 2.45) is 0 Å². The Balaban J connectivity index is 1.66. The van der Waals surface area contributed by atoms with E-state index in [9.17, 15) is 8.42 Å². The predicted molar refractivity (Wildman–Crippen MR) is 115 cm³/mol. The quantitative estimate of drug-likeness (QED) is 0.469. The number of aryl methyl sites for hydroxylation is 1. The lowest BCUT2D eigenvalue weighted by Crippen LogP contribution is -2.19. The van der Waals surface area contributed by atoms with E-state index in [0.29, 0.717) is 27.2 Å². The van der Waals surface area contributed by atoms with Crippen molar-refractivity contribution in [3.63, 3.8) is 0 Å². The van der Waals surface area contributed by atoms with Crippen LogP contribution in [-0.2, 0) is 10.0 Å². The molecule has 3 rings (SSSR count). The summed E-state index contributed by atoms with van der Waals surface area (Å²) in [5.74, 6) is 0.615. The second-order valence-electron chi connectivity index (χ2n) is 5.66. The molecular formula is C17H14Cl2N4O3S2. The van der Waals surface area contributed by atoms with Crippen molar-refractivity contribution in [3.8, 4) is 0 Å². The lowest BCUT2D eigenvalue weighted by atomic mass is 10.3. The van der Waals surface area contributed by atoms with E-state index < -0.39 is 10.0 Å². The Kier molecular flexibility index (Phi) is 6.09. The molecule has 0 aliphatic heterocycles. The molecule has 7 nitrogen and oxygen atoms in total. The Morgan fingerprint density at radius 3 is 2.39 bits per heavy atom. The van der Waals surface area contributed by atoms with Crippen LogP contribution in [0.15, 0.2) is 57.9 Å². The Morgan fingerprint density at radius 2 is 1.79 bits per heavy atom. The highest BCUT2D eigenvalue weighted by Gasteiger charge is 2.16. The van der Waals surface area contributed by atoms with Crippen molar-refractivity contribution in [2.75, 3.05) is 15.4 Å². The van der Waals surface area contributed by atoms with E-state index in [1.165, 1.54) is 18.2 Å². The van der Waals surface area contributed by atoms with Gasteiger partial charge in [-0.15, -0.1) is 0 Å². The Hall–Kier alpha value is -2.33. The van der Waals surface area contributed by atoms with Crippen LogP contribution < -0.4 is 15.4 Å². The zero-order valence-electron chi connectivity index (χ0n) is 14.4. The maximum atomic E-state index is 12.4. The highest BCUT2D eigenvalue weighted by molar-refractivity contribution is 7.92. The first-order valence-electron chi connectivity index (χ1n) is 7.82. The predicted octanol–water partition coefficient (Wildman–Crippen LogP) is 4.90. The molecule has 0 saturated carbocycles. The van der Waals surface area contributed by atoms with Crippen molar-refractivity contribution in [1.29, 1.82) is 0 Å². The maximum absolute atomic E-state index is 12.4. The average Bonchev–Trinajstić information content (AvgIpc) is 3.02. The van der Waals surface area contributed by atoms with E-state index in [2.05, 4.69) is 20.5 Å². The lowest BCUT2D eigenvalue weighted by molar-refractivity contribution is 0.400. The Bertz CT molecular complexity index is 1120. The fraction of sp³-hybridized carbons (Fsp3) is 0.0588. The van der Waals surface area contributed by atoms with Gasteiger partial charge >= 0.3 is 0 Å². The van der Waals surface area contributed by atoms with Crippen molar-refractivity contribution >= 4 is 67.7 Å². The summed E-state index contributed by atoms with van der Waals surface area (Å²) >= 11 is 17.2. The van der Waals surface area contributed by atoms with Gasteiger partial charge in [0.2, 0.25) is 0 Å². The summed E-state index contributed by atoms with van der Waals surface area (Å²) in [6.45, 7) is 1.67. The van der Waals surface area contributed by atoms with Gasteiger partial charge in [0.1, 0.15) is 5.76 Å². The number of rotatable bonds is 5. The van der Waals surface area contributed by atoms with Crippen molar-refractivity contribution < 1.29 is 12.9 Å². The molecule has 146 valence electrons. The minimum Gasteiger partial charge on any atom is -0.360 e. The van der Waals surface area contributed by atoms with Crippen LogP contribution in [0.3, 0.4) is 0 Å². The summed E-state index contributed by atoms with van der Waals surface area (Å²) in [7, 11) is -3.78. The van der Waals surface area contributed by atoms with E-state index in [1.807, 2.05) is 0 Å². The molecule has 3 N–H and O–H groups in total. The van der Waals surface area contributed by atoms with Crippen LogP contribution in [0.25, 0.3) is 0 Å². The van der Waals surface area contributed by atoms with Crippen LogP contribution in [0.4, 0.5) is 17.2 Å². The first-order valence-corrected chi connectivity index (χ1v) is 10.5. The standard InChI is InChI=1S/C17H14Cl2N4O3S2/c1-10-8-16(22-26-10)23-28(24,25)13-5-3-12(4-6-13)20-17(27)21-15-7-2-11(18)9-14(15)19/h2-9H,1H3,(H,22,23)(H2,20,21,27). The normalized spacial score (nSPS) is 11.1. The second-order valence-corrected chi connectivity index (χ2v) is 8.59. The van der Waals surface area contributed by atoms with Gasteiger partial charge in [0.15, 0.2) is 10.9 Å². The number of halogens is 2. The summed E-state index contributed by atoms with van der Waals surface area (Å²) in [5, 5.41) is 10.7. The third-order valence-corrected chi connectivity index (χ3v) is 5.59. The van der Waals surface area contributed by atoms with Crippen LogP contribution in [0.5, 0.6) is 0 Å². The van der Waals surface area contributed by atoms with E-state index in [0.717, 1.165) is 0 Å². The van der Waals surface area contributed by atoms with E-state index in [1.54, 1.807) is 37.3 Å². The van der Waals surface area contributed by atoms with E-state index in [4.69, 9.17) is 39.9 Å². The van der Waals surface area contributed by atoms with Crippen LogP contribution in [0.1, 0.15) is 5.76 Å². The number of thiocarbonyl (C=S) groups is 1. The molecule has 0 atom stereocenters. The fourth-order valence-electron chi connectivity index (χ4n) is 2.20. The van der Waals surface area contributed by atoms with E-state index >= 15 is 0 Å². The number of nitrogens with one attached hydrogen (secondary N) is 3. The minimum atomic E-state index is -3.78. The maximum Gasteiger partial charge on any atom is 0.263 e. The molecule has 0 unspecified atom stereocenters.